The van der Waals surface area contributed by atoms with Gasteiger partial charge in [-0.2, -0.15) is 35.8 Å². The second-order valence-electron chi connectivity index (χ2n) is 7.06. The molecule has 0 aliphatic carbocycles. The molecular weight excluding hydrogens is 559 g/mol. The maximum Gasteiger partial charge on any atom is 0.474 e. The van der Waals surface area contributed by atoms with Crippen molar-refractivity contribution in [2.45, 2.75) is 24.2 Å². The van der Waals surface area contributed by atoms with Crippen molar-refractivity contribution in [2.75, 3.05) is 11.6 Å². The summed E-state index contributed by atoms with van der Waals surface area (Å²) in [5.41, 5.74) is -1.88. The van der Waals surface area contributed by atoms with Crippen molar-refractivity contribution in [3.63, 3.8) is 0 Å². The minimum absolute atomic E-state index is 0.0519. The zero-order chi connectivity index (χ0) is 27.0. The van der Waals surface area contributed by atoms with E-state index in [4.69, 9.17) is 23.2 Å². The summed E-state index contributed by atoms with van der Waals surface area (Å²) in [6, 6.07) is 5.75. The Balaban J connectivity index is 2.12. The number of amides is 2. The fourth-order valence-corrected chi connectivity index (χ4v) is 4.68. The number of carbonyl (C=O) groups excluding carboxylic acids is 2. The van der Waals surface area contributed by atoms with Crippen LogP contribution in [0.2, 0.25) is 10.0 Å². The molecule has 0 spiro atoms. The fraction of sp³-hybridized carbons (Fsp3) is 0.200. The zero-order valence-corrected chi connectivity index (χ0v) is 20.3. The highest BCUT2D eigenvalue weighted by atomic mass is 35.5. The van der Waals surface area contributed by atoms with E-state index in [0.717, 1.165) is 0 Å². The van der Waals surface area contributed by atoms with Gasteiger partial charge in [0.05, 0.1) is 10.7 Å². The van der Waals surface area contributed by atoms with Crippen LogP contribution in [0, 0.1) is 6.92 Å². The summed E-state index contributed by atoms with van der Waals surface area (Å²) in [6.45, 7) is 1.45. The van der Waals surface area contributed by atoms with E-state index in [2.05, 4.69) is 19.8 Å². The number of nitrogens with one attached hydrogen (secondary N) is 1. The molecule has 1 atom stereocenters. The van der Waals surface area contributed by atoms with E-state index in [0.29, 0.717) is 10.7 Å². The highest BCUT2D eigenvalue weighted by Crippen LogP contribution is 2.33. The van der Waals surface area contributed by atoms with E-state index < -0.39 is 46.2 Å². The lowest BCUT2D eigenvalue weighted by Gasteiger charge is -2.16. The molecule has 192 valence electrons. The van der Waals surface area contributed by atoms with Crippen LogP contribution >= 0.6 is 23.2 Å². The highest BCUT2D eigenvalue weighted by Gasteiger charge is 2.39. The Morgan fingerprint density at radius 1 is 1.11 bits per heavy atom. The Morgan fingerprint density at radius 2 is 1.78 bits per heavy atom. The Bertz CT molecular complexity index is 1390. The van der Waals surface area contributed by atoms with Crippen molar-refractivity contribution in [1.29, 1.82) is 0 Å². The Morgan fingerprint density at radius 3 is 2.36 bits per heavy atom. The largest absolute Gasteiger partial charge is 0.474 e. The summed E-state index contributed by atoms with van der Waals surface area (Å²) in [5, 5.41) is 5.74. The molecule has 0 fully saturated rings. The number of aromatic nitrogens is 3. The van der Waals surface area contributed by atoms with Gasteiger partial charge in [-0.3, -0.25) is 9.59 Å². The molecule has 0 saturated carbocycles. The second-order valence-corrected chi connectivity index (χ2v) is 9.48. The number of alkyl halides is 6. The highest BCUT2D eigenvalue weighted by molar-refractivity contribution is 7.87. The van der Waals surface area contributed by atoms with Crippen LogP contribution in [0.5, 0.6) is 0 Å². The molecule has 7 nitrogen and oxygen atoms in total. The SMILES string of the molecule is Cc1cc(Cl)cc(S(C)=NC(=O)C(F)(F)F)c1NC(=O)c1cc(C(F)(F)F)nn1-c1ncccc1Cl. The van der Waals surface area contributed by atoms with Crippen LogP contribution in [0.15, 0.2) is 45.8 Å². The molecule has 1 aromatic carbocycles. The van der Waals surface area contributed by atoms with Crippen LogP contribution < -0.4 is 5.32 Å². The summed E-state index contributed by atoms with van der Waals surface area (Å²) < 4.78 is 81.9. The van der Waals surface area contributed by atoms with Gasteiger partial charge in [0.1, 0.15) is 5.69 Å². The van der Waals surface area contributed by atoms with E-state index in [1.165, 1.54) is 43.6 Å². The predicted molar refractivity (Wildman–Crippen MR) is 121 cm³/mol. The zero-order valence-electron chi connectivity index (χ0n) is 18.0. The van der Waals surface area contributed by atoms with Crippen molar-refractivity contribution in [2.24, 2.45) is 4.36 Å². The van der Waals surface area contributed by atoms with Gasteiger partial charge in [-0.15, -0.1) is 0 Å². The van der Waals surface area contributed by atoms with Crippen molar-refractivity contribution < 1.29 is 35.9 Å². The fourth-order valence-electron chi connectivity index (χ4n) is 2.88. The van der Waals surface area contributed by atoms with Gasteiger partial charge in [-0.25, -0.2) is 9.67 Å². The van der Waals surface area contributed by atoms with Gasteiger partial charge >= 0.3 is 18.3 Å². The number of hydrogen-bond acceptors (Lipinski definition) is 4. The first-order valence-electron chi connectivity index (χ1n) is 9.48. The molecular formula is C20H13Cl2F6N5O2S. The van der Waals surface area contributed by atoms with E-state index in [1.807, 2.05) is 0 Å². The first kappa shape index (κ1) is 27.6. The molecule has 0 aliphatic rings. The Labute approximate surface area is 211 Å². The minimum atomic E-state index is -5.22. The van der Waals surface area contributed by atoms with Crippen LogP contribution in [0.4, 0.5) is 32.0 Å². The van der Waals surface area contributed by atoms with Crippen molar-refractivity contribution >= 4 is 51.4 Å². The quantitative estimate of drug-likeness (QED) is 0.387. The van der Waals surface area contributed by atoms with Gasteiger partial charge in [0.25, 0.3) is 5.91 Å². The number of hydrogen-bond donors (Lipinski definition) is 1. The summed E-state index contributed by atoms with van der Waals surface area (Å²) in [5.74, 6) is -3.74. The number of benzene rings is 1. The van der Waals surface area contributed by atoms with E-state index >= 15 is 0 Å². The normalized spacial score (nSPS) is 13.1. The van der Waals surface area contributed by atoms with Crippen LogP contribution in [-0.2, 0) is 21.7 Å². The second kappa shape index (κ2) is 10.2. The molecule has 0 aliphatic heterocycles. The van der Waals surface area contributed by atoms with E-state index in [-0.39, 0.29) is 32.0 Å². The summed E-state index contributed by atoms with van der Waals surface area (Å²) >= 11 is 12.0. The van der Waals surface area contributed by atoms with Gasteiger partial charge in [-0.1, -0.05) is 33.9 Å². The van der Waals surface area contributed by atoms with Crippen LogP contribution in [0.3, 0.4) is 0 Å². The molecule has 0 bridgehead atoms. The molecule has 0 saturated heterocycles. The van der Waals surface area contributed by atoms with Gasteiger partial charge in [0, 0.05) is 22.2 Å². The minimum Gasteiger partial charge on any atom is -0.319 e. The van der Waals surface area contributed by atoms with Gasteiger partial charge in [-0.05, 0) is 43.0 Å². The maximum absolute atomic E-state index is 13.4. The average Bonchev–Trinajstić information content (AvgIpc) is 3.21. The molecule has 36 heavy (non-hydrogen) atoms. The number of pyridine rings is 1. The number of nitrogens with zero attached hydrogens (tertiary/aromatic N) is 4. The van der Waals surface area contributed by atoms with Crippen LogP contribution in [0.25, 0.3) is 5.82 Å². The third kappa shape index (κ3) is 6.05. The molecule has 0 radical (unpaired) electrons. The van der Waals surface area contributed by atoms with Crippen LogP contribution in [-0.4, -0.2) is 39.0 Å². The molecule has 3 aromatic rings. The third-order valence-corrected chi connectivity index (χ3v) is 6.37. The molecule has 2 heterocycles. The summed E-state index contributed by atoms with van der Waals surface area (Å²) in [7, 11) is -1.75. The van der Waals surface area contributed by atoms with Crippen molar-refractivity contribution in [3.8, 4) is 5.82 Å². The predicted octanol–water partition coefficient (Wildman–Crippen LogP) is 6.03. The third-order valence-electron chi connectivity index (χ3n) is 4.46. The lowest BCUT2D eigenvalue weighted by molar-refractivity contribution is -0.169. The average molecular weight is 572 g/mol. The monoisotopic (exact) mass is 571 g/mol. The first-order valence-corrected chi connectivity index (χ1v) is 11.8. The molecule has 2 amide bonds. The van der Waals surface area contributed by atoms with Crippen molar-refractivity contribution in [1.82, 2.24) is 14.8 Å². The molecule has 2 aromatic heterocycles. The first-order chi connectivity index (χ1) is 16.6. The topological polar surface area (TPSA) is 89.2 Å². The van der Waals surface area contributed by atoms with Crippen LogP contribution in [0.1, 0.15) is 21.7 Å². The Hall–Kier alpha value is -2.97. The number of rotatable bonds is 4. The number of carbonyl (C=O) groups is 2. The molecule has 16 heteroatoms. The van der Waals surface area contributed by atoms with Gasteiger partial charge in [0.2, 0.25) is 0 Å². The van der Waals surface area contributed by atoms with E-state index in [1.54, 1.807) is 0 Å². The van der Waals surface area contributed by atoms with E-state index in [9.17, 15) is 35.9 Å². The maximum atomic E-state index is 13.4. The summed E-state index contributed by atoms with van der Waals surface area (Å²) in [6.07, 6.45) is -7.73. The van der Waals surface area contributed by atoms with Gasteiger partial charge < -0.3 is 5.32 Å². The standard InChI is InChI=1S/C20H13Cl2F6N5O2S/c1-9-6-10(21)7-13(36(2)32-18(35)20(26,27)28)15(9)30-17(34)12-8-14(19(23,24)25)31-33(12)16-11(22)4-3-5-29-16/h3-8H,1-2H3,(H,30,34). The molecule has 1 N–H and O–H groups in total. The lowest BCUT2D eigenvalue weighted by Crippen LogP contribution is -2.21. The lowest BCUT2D eigenvalue weighted by atomic mass is 10.2. The Kier molecular flexibility index (Phi) is 7.81. The number of aryl methyl sites for hydroxylation is 1. The van der Waals surface area contributed by atoms with Crippen molar-refractivity contribution in [3.05, 3.63) is 63.5 Å². The smallest absolute Gasteiger partial charge is 0.319 e. The number of halogens is 8. The molecule has 3 rings (SSSR count). The summed E-state index contributed by atoms with van der Waals surface area (Å²) in [4.78, 5) is 28.3. The molecule has 1 unspecified atom stereocenters. The number of anilines is 1. The van der Waals surface area contributed by atoms with Gasteiger partial charge in [0.15, 0.2) is 11.5 Å².